The van der Waals surface area contributed by atoms with Gasteiger partial charge in [-0.1, -0.05) is 0 Å². The lowest BCUT2D eigenvalue weighted by atomic mass is 9.98. The summed E-state index contributed by atoms with van der Waals surface area (Å²) in [6, 6.07) is 0. The molecule has 15 heteroatoms. The fourth-order valence-electron chi connectivity index (χ4n) is 2.89. The van der Waals surface area contributed by atoms with Gasteiger partial charge in [0.15, 0.2) is 18.8 Å². The number of methoxy groups -OCH3 is 1. The molecule has 13 nitrogen and oxygen atoms in total. The van der Waals surface area contributed by atoms with Crippen molar-refractivity contribution >= 4 is 7.82 Å². The first-order valence-electron chi connectivity index (χ1n) is 8.16. The number of hydrogen-bond acceptors (Lipinski definition) is 11. The summed E-state index contributed by atoms with van der Waals surface area (Å²) in [6.07, 6.45) is -17.1. The van der Waals surface area contributed by atoms with Crippen LogP contribution in [0.25, 0.3) is 0 Å². The predicted molar refractivity (Wildman–Crippen MR) is 83.2 cm³/mol. The minimum absolute atomic E-state index is 0.682. The predicted octanol–water partition coefficient (Wildman–Crippen LogP) is -3.65. The molecule has 0 bridgehead atoms. The maximum atomic E-state index is 14.3. The molecule has 0 aromatic rings. The highest BCUT2D eigenvalue weighted by Crippen LogP contribution is 2.37. The van der Waals surface area contributed by atoms with Crippen molar-refractivity contribution in [1.82, 2.24) is 0 Å². The molecule has 2 heterocycles. The molecule has 0 aromatic heterocycles. The maximum Gasteiger partial charge on any atom is 0.469 e. The number of rotatable bonds is 7. The van der Waals surface area contributed by atoms with Crippen LogP contribution in [-0.4, -0.2) is 117 Å². The van der Waals surface area contributed by atoms with Crippen LogP contribution >= 0.6 is 7.82 Å². The Hall–Kier alpha value is -0.320. The average molecular weight is 438 g/mol. The minimum Gasteiger partial charge on any atom is -0.394 e. The van der Waals surface area contributed by atoms with E-state index in [1.165, 1.54) is 7.11 Å². The quantitative estimate of drug-likeness (QED) is 0.192. The monoisotopic (exact) mass is 438 g/mol. The normalized spacial score (nSPS) is 45.2. The van der Waals surface area contributed by atoms with E-state index in [0.717, 1.165) is 0 Å². The molecule has 2 fully saturated rings. The molecule has 0 aliphatic carbocycles. The van der Waals surface area contributed by atoms with E-state index >= 15 is 0 Å². The van der Waals surface area contributed by atoms with Gasteiger partial charge in [0.25, 0.3) is 0 Å². The molecule has 2 rings (SSSR count). The van der Waals surface area contributed by atoms with E-state index in [1.807, 2.05) is 0 Å². The second-order valence-corrected chi connectivity index (χ2v) is 7.54. The number of aliphatic hydroxyl groups excluding tert-OH is 5. The van der Waals surface area contributed by atoms with Gasteiger partial charge in [-0.25, -0.2) is 8.96 Å². The molecule has 2 aliphatic rings. The van der Waals surface area contributed by atoms with E-state index in [4.69, 9.17) is 28.7 Å². The largest absolute Gasteiger partial charge is 0.469 e. The first kappa shape index (κ1) is 24.0. The Balaban J connectivity index is 2.10. The summed E-state index contributed by atoms with van der Waals surface area (Å²) in [5, 5.41) is 49.0. The second-order valence-electron chi connectivity index (χ2n) is 6.30. The molecule has 0 spiro atoms. The van der Waals surface area contributed by atoms with E-state index in [2.05, 4.69) is 4.52 Å². The number of hydrogen-bond donors (Lipinski definition) is 7. The number of aliphatic hydroxyl groups is 5. The van der Waals surface area contributed by atoms with Gasteiger partial charge in [0, 0.05) is 7.11 Å². The molecular weight excluding hydrogens is 414 g/mol. The highest BCUT2D eigenvalue weighted by molar-refractivity contribution is 7.46. The van der Waals surface area contributed by atoms with E-state index in [9.17, 15) is 34.5 Å². The summed E-state index contributed by atoms with van der Waals surface area (Å²) in [4.78, 5) is 17.4. The molecule has 0 radical (unpaired) electrons. The van der Waals surface area contributed by atoms with Crippen molar-refractivity contribution in [2.75, 3.05) is 20.3 Å². The van der Waals surface area contributed by atoms with Crippen LogP contribution in [-0.2, 0) is 28.0 Å². The summed E-state index contributed by atoms with van der Waals surface area (Å²) < 4.78 is 49.6. The third-order valence-electron chi connectivity index (χ3n) is 4.40. The van der Waals surface area contributed by atoms with Crippen molar-refractivity contribution in [3.05, 3.63) is 0 Å². The first-order chi connectivity index (χ1) is 13.0. The Bertz CT molecular complexity index is 549. The molecular formula is C13H24FO13P. The zero-order valence-electron chi connectivity index (χ0n) is 14.6. The number of halogens is 1. The lowest BCUT2D eigenvalue weighted by molar-refractivity contribution is -0.371. The Labute approximate surface area is 158 Å². The van der Waals surface area contributed by atoms with Gasteiger partial charge in [-0.15, -0.1) is 0 Å². The second kappa shape index (κ2) is 9.66. The molecule has 10 atom stereocenters. The van der Waals surface area contributed by atoms with Gasteiger partial charge in [-0.2, -0.15) is 0 Å². The smallest absolute Gasteiger partial charge is 0.394 e. The standard InChI is InChI=1S/C13H24FO13P/c1-23-11-8(17)4(2-15)25-13(10(11)19)27-12-6(14)9(18)7(16)5(26-12)3-24-28(20,21)22/h4-13,15-19H,2-3H2,1H3,(H2,20,21,22)/t4?,5?,6?,7-,8-,9?,10?,11?,12-,13-/m1/s1. The van der Waals surface area contributed by atoms with Crippen LogP contribution in [0.3, 0.4) is 0 Å². The molecule has 0 amide bonds. The van der Waals surface area contributed by atoms with Gasteiger partial charge in [-0.3, -0.25) is 4.52 Å². The third kappa shape index (κ3) is 5.43. The lowest BCUT2D eigenvalue weighted by Crippen LogP contribution is -2.63. The summed E-state index contributed by atoms with van der Waals surface area (Å²) in [5.41, 5.74) is 0. The lowest BCUT2D eigenvalue weighted by Gasteiger charge is -2.44. The number of phosphoric ester groups is 1. The van der Waals surface area contributed by atoms with Crippen LogP contribution in [0.1, 0.15) is 0 Å². The van der Waals surface area contributed by atoms with Crippen molar-refractivity contribution in [3.63, 3.8) is 0 Å². The molecule has 0 aromatic carbocycles. The van der Waals surface area contributed by atoms with Gasteiger partial charge in [0.2, 0.25) is 0 Å². The van der Waals surface area contributed by atoms with Gasteiger partial charge >= 0.3 is 7.82 Å². The SMILES string of the molecule is COC1C(O)[C@@H](O[C@H]2OC(COP(=O)(O)O)[C@@H](O)C(O)C2F)OC(CO)[C@H]1O. The number of ether oxygens (including phenoxy) is 4. The van der Waals surface area contributed by atoms with Crippen molar-refractivity contribution in [2.24, 2.45) is 0 Å². The van der Waals surface area contributed by atoms with Crippen LogP contribution in [0.4, 0.5) is 4.39 Å². The summed E-state index contributed by atoms with van der Waals surface area (Å²) >= 11 is 0. The summed E-state index contributed by atoms with van der Waals surface area (Å²) in [5.74, 6) is 0. The van der Waals surface area contributed by atoms with Crippen molar-refractivity contribution < 1.29 is 67.7 Å². The summed E-state index contributed by atoms with van der Waals surface area (Å²) in [7, 11) is -3.77. The topological polar surface area (TPSA) is 205 Å². The highest BCUT2D eigenvalue weighted by atomic mass is 31.2. The molecule has 2 saturated heterocycles. The third-order valence-corrected chi connectivity index (χ3v) is 4.88. The molecule has 166 valence electrons. The molecule has 6 unspecified atom stereocenters. The van der Waals surface area contributed by atoms with Crippen molar-refractivity contribution in [2.45, 2.75) is 61.5 Å². The van der Waals surface area contributed by atoms with E-state index in [0.29, 0.717) is 0 Å². The molecule has 7 N–H and O–H groups in total. The Kier molecular flexibility index (Phi) is 8.26. The molecule has 28 heavy (non-hydrogen) atoms. The fourth-order valence-corrected chi connectivity index (χ4v) is 3.23. The first-order valence-corrected chi connectivity index (χ1v) is 9.69. The van der Waals surface area contributed by atoms with Crippen LogP contribution in [0.2, 0.25) is 0 Å². The number of phosphoric acid groups is 1. The zero-order valence-corrected chi connectivity index (χ0v) is 15.5. The van der Waals surface area contributed by atoms with Crippen molar-refractivity contribution in [1.29, 1.82) is 0 Å². The summed E-state index contributed by atoms with van der Waals surface area (Å²) in [6.45, 7) is -1.58. The van der Waals surface area contributed by atoms with Crippen LogP contribution in [0, 0.1) is 0 Å². The Morgan fingerprint density at radius 1 is 0.964 bits per heavy atom. The van der Waals surface area contributed by atoms with E-state index in [-0.39, 0.29) is 0 Å². The Morgan fingerprint density at radius 2 is 1.57 bits per heavy atom. The molecule has 2 aliphatic heterocycles. The number of alkyl halides is 1. The van der Waals surface area contributed by atoms with Gasteiger partial charge in [-0.05, 0) is 0 Å². The van der Waals surface area contributed by atoms with Gasteiger partial charge in [0.1, 0.15) is 42.7 Å². The van der Waals surface area contributed by atoms with Gasteiger partial charge < -0.3 is 54.3 Å². The minimum atomic E-state index is -4.93. The Morgan fingerprint density at radius 3 is 2.11 bits per heavy atom. The van der Waals surface area contributed by atoms with E-state index in [1.54, 1.807) is 0 Å². The van der Waals surface area contributed by atoms with Crippen molar-refractivity contribution in [3.8, 4) is 0 Å². The zero-order chi connectivity index (χ0) is 21.2. The highest BCUT2D eigenvalue weighted by Gasteiger charge is 2.51. The van der Waals surface area contributed by atoms with Crippen LogP contribution in [0.5, 0.6) is 0 Å². The van der Waals surface area contributed by atoms with Crippen LogP contribution < -0.4 is 0 Å². The van der Waals surface area contributed by atoms with E-state index < -0.39 is 82.5 Å². The fraction of sp³-hybridized carbons (Fsp3) is 1.00. The maximum absolute atomic E-state index is 14.3. The molecule has 0 saturated carbocycles. The van der Waals surface area contributed by atoms with Gasteiger partial charge in [0.05, 0.1) is 13.2 Å². The van der Waals surface area contributed by atoms with Crippen LogP contribution in [0.15, 0.2) is 0 Å². The average Bonchev–Trinajstić information content (AvgIpc) is 2.62.